The molecule has 0 saturated heterocycles. The summed E-state index contributed by atoms with van der Waals surface area (Å²) in [7, 11) is -3.09. The maximum atomic E-state index is 13.5. The van der Waals surface area contributed by atoms with E-state index in [2.05, 4.69) is 8.92 Å². The lowest BCUT2D eigenvalue weighted by Crippen LogP contribution is -2.09. The van der Waals surface area contributed by atoms with Gasteiger partial charge in [0.1, 0.15) is 5.02 Å². The first-order valence-electron chi connectivity index (χ1n) is 4.41. The minimum Gasteiger partial charge on any atom is -0.494 e. The number of halogens is 4. The summed E-state index contributed by atoms with van der Waals surface area (Å²) < 4.78 is 70.0. The van der Waals surface area contributed by atoms with Crippen molar-refractivity contribution in [1.29, 1.82) is 0 Å². The Morgan fingerprint density at radius 3 is 2.33 bits per heavy atom. The molecule has 0 aromatic heterocycles. The van der Waals surface area contributed by atoms with Gasteiger partial charge in [0, 0.05) is 0 Å². The first-order chi connectivity index (χ1) is 8.17. The fourth-order valence-electron chi connectivity index (χ4n) is 1.12. The highest BCUT2D eigenvalue weighted by Crippen LogP contribution is 2.35. The Hall–Kier alpha value is -0.990. The zero-order valence-electron chi connectivity index (χ0n) is 9.21. The molecule has 1 aromatic carbocycles. The molecule has 0 N–H and O–H groups in total. The van der Waals surface area contributed by atoms with Gasteiger partial charge in [-0.3, -0.25) is 0 Å². The number of alkyl halides is 1. The summed E-state index contributed by atoms with van der Waals surface area (Å²) in [4.78, 5) is 0. The molecular weight excluding hydrogens is 297 g/mol. The zero-order chi connectivity index (χ0) is 14.1. The Morgan fingerprint density at radius 1 is 1.33 bits per heavy atom. The molecule has 0 bridgehead atoms. The van der Waals surface area contributed by atoms with E-state index in [1.165, 1.54) is 0 Å². The van der Waals surface area contributed by atoms with Crippen LogP contribution in [0.2, 0.25) is 5.02 Å². The quantitative estimate of drug-likeness (QED) is 0.634. The Bertz CT molecular complexity index is 561. The third kappa shape index (κ3) is 3.27. The van der Waals surface area contributed by atoms with Crippen LogP contribution >= 0.6 is 11.6 Å². The molecule has 1 aromatic rings. The summed E-state index contributed by atoms with van der Waals surface area (Å²) in [6.45, 7) is 0. The molecule has 0 aliphatic carbocycles. The van der Waals surface area contributed by atoms with Crippen molar-refractivity contribution in [1.82, 2.24) is 0 Å². The van der Waals surface area contributed by atoms with Crippen molar-refractivity contribution in [3.05, 3.63) is 28.3 Å². The lowest BCUT2D eigenvalue weighted by Gasteiger charge is -2.12. The zero-order valence-corrected chi connectivity index (χ0v) is 10.8. The largest absolute Gasteiger partial charge is 0.494 e. The van der Waals surface area contributed by atoms with Crippen molar-refractivity contribution in [2.45, 2.75) is 6.36 Å². The van der Waals surface area contributed by atoms with E-state index in [0.29, 0.717) is 12.3 Å². The van der Waals surface area contributed by atoms with Gasteiger partial charge in [-0.1, -0.05) is 11.6 Å². The van der Waals surface area contributed by atoms with Gasteiger partial charge in [0.15, 0.2) is 17.4 Å². The van der Waals surface area contributed by atoms with Gasteiger partial charge in [0.05, 0.1) is 18.9 Å². The molecule has 0 amide bonds. The van der Waals surface area contributed by atoms with Gasteiger partial charge in [0.2, 0.25) is 6.36 Å². The molecule has 0 fully saturated rings. The summed E-state index contributed by atoms with van der Waals surface area (Å²) in [5.74, 6) is -3.20. The highest BCUT2D eigenvalue weighted by atomic mass is 35.5. The smallest absolute Gasteiger partial charge is 0.267 e. The molecule has 9 heteroatoms. The third-order valence-electron chi connectivity index (χ3n) is 1.87. The number of hydrogen-bond acceptors (Lipinski definition) is 4. The molecule has 1 unspecified atom stereocenters. The molecule has 0 heterocycles. The lowest BCUT2D eigenvalue weighted by atomic mass is 10.2. The summed E-state index contributed by atoms with van der Waals surface area (Å²) in [5.41, 5.74) is -0.872. The number of rotatable bonds is 4. The summed E-state index contributed by atoms with van der Waals surface area (Å²) >= 11 is 5.28. The van der Waals surface area contributed by atoms with Gasteiger partial charge < -0.3 is 4.74 Å². The van der Waals surface area contributed by atoms with Gasteiger partial charge in [-0.2, -0.15) is 8.42 Å². The van der Waals surface area contributed by atoms with Crippen molar-refractivity contribution in [2.75, 3.05) is 13.4 Å². The normalized spacial score (nSPS) is 13.4. The molecule has 0 spiro atoms. The molecule has 0 radical (unpaired) electrons. The maximum Gasteiger partial charge on any atom is 0.267 e. The van der Waals surface area contributed by atoms with Gasteiger partial charge in [-0.05, 0) is 6.07 Å². The second kappa shape index (κ2) is 5.33. The molecule has 102 valence electrons. The van der Waals surface area contributed by atoms with E-state index in [0.717, 1.165) is 7.11 Å². The number of methoxy groups -OCH3 is 1. The van der Waals surface area contributed by atoms with E-state index >= 15 is 0 Å². The van der Waals surface area contributed by atoms with Crippen LogP contribution in [0, 0.1) is 11.6 Å². The highest BCUT2D eigenvalue weighted by Gasteiger charge is 2.26. The summed E-state index contributed by atoms with van der Waals surface area (Å²) in [6, 6.07) is 0.631. The van der Waals surface area contributed by atoms with Crippen LogP contribution in [0.4, 0.5) is 13.2 Å². The van der Waals surface area contributed by atoms with E-state index < -0.39 is 44.4 Å². The van der Waals surface area contributed by atoms with Crippen LogP contribution in [0.5, 0.6) is 5.75 Å². The Labute approximate surface area is 106 Å². The van der Waals surface area contributed by atoms with E-state index in [9.17, 15) is 21.6 Å². The average Bonchev–Trinajstić information content (AvgIpc) is 2.24. The van der Waals surface area contributed by atoms with E-state index in [1.807, 2.05) is 0 Å². The van der Waals surface area contributed by atoms with Crippen LogP contribution < -0.4 is 4.74 Å². The van der Waals surface area contributed by atoms with Crippen LogP contribution in [-0.2, 0) is 14.3 Å². The fraction of sp³-hybridized carbons (Fsp3) is 0.333. The van der Waals surface area contributed by atoms with Crippen LogP contribution in [0.3, 0.4) is 0 Å². The van der Waals surface area contributed by atoms with Crippen molar-refractivity contribution in [3.8, 4) is 5.75 Å². The van der Waals surface area contributed by atoms with Gasteiger partial charge >= 0.3 is 0 Å². The number of hydrogen-bond donors (Lipinski definition) is 0. The second-order valence-electron chi connectivity index (χ2n) is 3.23. The van der Waals surface area contributed by atoms with Crippen molar-refractivity contribution < 1.29 is 30.5 Å². The van der Waals surface area contributed by atoms with E-state index in [1.54, 1.807) is 0 Å². The summed E-state index contributed by atoms with van der Waals surface area (Å²) in [5, 5.41) is -1.01. The SMILES string of the molecule is COc1cc(C(F)OS(C)(=O)=O)c(F)c(Cl)c1F. The predicted molar refractivity (Wildman–Crippen MR) is 57.7 cm³/mol. The second-order valence-corrected chi connectivity index (χ2v) is 5.21. The first-order valence-corrected chi connectivity index (χ1v) is 6.60. The minimum absolute atomic E-state index is 0.531. The molecule has 1 rings (SSSR count). The standard InChI is InChI=1S/C9H8ClF3O4S/c1-16-5-3-4(7(11)6(10)8(5)12)9(13)17-18(2,14)15/h3,9H,1-2H3. The van der Waals surface area contributed by atoms with Crippen LogP contribution in [0.25, 0.3) is 0 Å². The molecule has 18 heavy (non-hydrogen) atoms. The predicted octanol–water partition coefficient (Wildman–Crippen LogP) is 2.57. The molecule has 0 saturated carbocycles. The molecule has 4 nitrogen and oxygen atoms in total. The van der Waals surface area contributed by atoms with Crippen molar-refractivity contribution in [3.63, 3.8) is 0 Å². The minimum atomic E-state index is -4.15. The first kappa shape index (κ1) is 15.1. The maximum absolute atomic E-state index is 13.5. The van der Waals surface area contributed by atoms with Crippen LogP contribution in [0.1, 0.15) is 11.9 Å². The van der Waals surface area contributed by atoms with Gasteiger partial charge in [0.25, 0.3) is 10.1 Å². The Kier molecular flexibility index (Phi) is 4.46. The number of benzene rings is 1. The highest BCUT2D eigenvalue weighted by molar-refractivity contribution is 7.85. The van der Waals surface area contributed by atoms with Gasteiger partial charge in [-0.15, -0.1) is 0 Å². The Morgan fingerprint density at radius 2 is 1.89 bits per heavy atom. The van der Waals surface area contributed by atoms with E-state index in [-0.39, 0.29) is 0 Å². The molecule has 1 atom stereocenters. The molecule has 0 aliphatic heterocycles. The summed E-state index contributed by atoms with van der Waals surface area (Å²) in [6.07, 6.45) is -2.06. The fourth-order valence-corrected chi connectivity index (χ4v) is 1.73. The topological polar surface area (TPSA) is 52.6 Å². The number of ether oxygens (including phenoxy) is 1. The van der Waals surface area contributed by atoms with Crippen LogP contribution in [-0.4, -0.2) is 21.8 Å². The van der Waals surface area contributed by atoms with E-state index in [4.69, 9.17) is 11.6 Å². The molecular formula is C9H8ClF3O4S. The Balaban J connectivity index is 3.29. The lowest BCUT2D eigenvalue weighted by molar-refractivity contribution is 0.0717. The van der Waals surface area contributed by atoms with Crippen molar-refractivity contribution >= 4 is 21.7 Å². The van der Waals surface area contributed by atoms with Crippen molar-refractivity contribution in [2.24, 2.45) is 0 Å². The molecule has 0 aliphatic rings. The average molecular weight is 305 g/mol. The third-order valence-corrected chi connectivity index (χ3v) is 2.72. The monoisotopic (exact) mass is 304 g/mol. The van der Waals surface area contributed by atoms with Gasteiger partial charge in [-0.25, -0.2) is 17.4 Å². The van der Waals surface area contributed by atoms with Crippen LogP contribution in [0.15, 0.2) is 6.07 Å².